The van der Waals surface area contributed by atoms with Gasteiger partial charge in [-0.15, -0.1) is 0 Å². The van der Waals surface area contributed by atoms with Crippen molar-refractivity contribution in [2.75, 3.05) is 13.2 Å². The number of nitrogens with zero attached hydrogens (tertiary/aromatic N) is 1. The van der Waals surface area contributed by atoms with Gasteiger partial charge in [-0.2, -0.15) is 0 Å². The van der Waals surface area contributed by atoms with Gasteiger partial charge in [0.05, 0.1) is 25.6 Å². The number of nitrogens with one attached hydrogen (secondary N) is 5. The molecule has 1 heterocycles. The van der Waals surface area contributed by atoms with E-state index in [1.165, 1.54) is 26.4 Å². The number of aromatic amines is 1. The highest BCUT2D eigenvalue weighted by Gasteiger charge is 2.29. The van der Waals surface area contributed by atoms with E-state index in [0.29, 0.717) is 5.69 Å². The van der Waals surface area contributed by atoms with Crippen molar-refractivity contribution in [1.29, 1.82) is 0 Å². The minimum absolute atomic E-state index is 0.0402. The smallest absolute Gasteiger partial charge is 0.328 e. The first kappa shape index (κ1) is 27.5. The molecule has 1 rings (SSSR count). The molecule has 0 saturated carbocycles. The third-order valence-corrected chi connectivity index (χ3v) is 4.39. The van der Waals surface area contributed by atoms with E-state index in [-0.39, 0.29) is 6.42 Å². The quantitative estimate of drug-likeness (QED) is 0.133. The highest BCUT2D eigenvalue weighted by Crippen LogP contribution is 2.01. The predicted octanol–water partition coefficient (Wildman–Crippen LogP) is -4.67. The van der Waals surface area contributed by atoms with E-state index in [2.05, 4.69) is 31.2 Å². The molecule has 0 aliphatic rings. The first-order valence-electron chi connectivity index (χ1n) is 9.88. The molecule has 1 aromatic rings. The lowest BCUT2D eigenvalue weighted by molar-refractivity contribution is -0.145. The number of carboxylic acids is 1. The van der Waals surface area contributed by atoms with Crippen LogP contribution in [0.2, 0.25) is 0 Å². The van der Waals surface area contributed by atoms with E-state index in [4.69, 9.17) is 15.9 Å². The molecule has 10 N–H and O–H groups in total. The predicted molar refractivity (Wildman–Crippen MR) is 111 cm³/mol. The summed E-state index contributed by atoms with van der Waals surface area (Å²) < 4.78 is 0. The summed E-state index contributed by atoms with van der Waals surface area (Å²) in [5, 5.41) is 36.5. The van der Waals surface area contributed by atoms with Gasteiger partial charge in [-0.1, -0.05) is 0 Å². The largest absolute Gasteiger partial charge is 0.480 e. The number of carboxylic acid groups (broad SMARTS) is 1. The van der Waals surface area contributed by atoms with Crippen LogP contribution in [0.5, 0.6) is 0 Å². The summed E-state index contributed by atoms with van der Waals surface area (Å²) in [6.45, 7) is 1.34. The Morgan fingerprint density at radius 3 is 2.27 bits per heavy atom. The first-order chi connectivity index (χ1) is 15.5. The van der Waals surface area contributed by atoms with Gasteiger partial charge in [-0.05, 0) is 13.8 Å². The van der Waals surface area contributed by atoms with Crippen molar-refractivity contribution in [2.45, 2.75) is 50.5 Å². The maximum Gasteiger partial charge on any atom is 0.328 e. The fourth-order valence-electron chi connectivity index (χ4n) is 2.50. The molecule has 0 unspecified atom stereocenters. The van der Waals surface area contributed by atoms with Gasteiger partial charge in [0.25, 0.3) is 0 Å². The van der Waals surface area contributed by atoms with Crippen molar-refractivity contribution in [1.82, 2.24) is 31.2 Å². The second-order valence-electron chi connectivity index (χ2n) is 7.20. The summed E-state index contributed by atoms with van der Waals surface area (Å²) in [4.78, 5) is 66.5. The molecule has 0 saturated heterocycles. The summed E-state index contributed by atoms with van der Waals surface area (Å²) >= 11 is 0. The Morgan fingerprint density at radius 1 is 1.09 bits per heavy atom. The number of hydrogen-bond donors (Lipinski definition) is 9. The zero-order valence-corrected chi connectivity index (χ0v) is 18.1. The van der Waals surface area contributed by atoms with Crippen molar-refractivity contribution < 1.29 is 39.3 Å². The van der Waals surface area contributed by atoms with Crippen LogP contribution in [0.4, 0.5) is 0 Å². The second kappa shape index (κ2) is 13.1. The number of aliphatic carboxylic acids is 1. The zero-order chi connectivity index (χ0) is 25.1. The van der Waals surface area contributed by atoms with Crippen LogP contribution in [0.15, 0.2) is 12.5 Å². The summed E-state index contributed by atoms with van der Waals surface area (Å²) in [6, 6.07) is -5.19. The van der Waals surface area contributed by atoms with Gasteiger partial charge in [0.1, 0.15) is 18.1 Å². The van der Waals surface area contributed by atoms with Crippen molar-refractivity contribution in [3.63, 3.8) is 0 Å². The van der Waals surface area contributed by atoms with E-state index in [0.717, 1.165) is 0 Å². The molecule has 1 aromatic heterocycles. The lowest BCUT2D eigenvalue weighted by atomic mass is 10.1. The first-order valence-corrected chi connectivity index (χ1v) is 9.88. The van der Waals surface area contributed by atoms with Crippen LogP contribution in [0.25, 0.3) is 0 Å². The molecule has 0 fully saturated rings. The number of aliphatic hydroxyl groups excluding tert-OH is 2. The Balaban J connectivity index is 2.79. The van der Waals surface area contributed by atoms with Gasteiger partial charge in [-0.3, -0.25) is 19.2 Å². The molecule has 33 heavy (non-hydrogen) atoms. The van der Waals surface area contributed by atoms with Crippen LogP contribution in [-0.4, -0.2) is 98.3 Å². The number of imidazole rings is 1. The monoisotopic (exact) mass is 471 g/mol. The highest BCUT2D eigenvalue weighted by molar-refractivity contribution is 5.94. The molecule has 0 spiro atoms. The number of carbonyl (C=O) groups is 5. The number of amides is 4. The Labute approximate surface area is 188 Å². The maximum atomic E-state index is 12.7. The molecule has 0 bridgehead atoms. The third-order valence-electron chi connectivity index (χ3n) is 4.39. The van der Waals surface area contributed by atoms with E-state index >= 15 is 0 Å². The number of H-pyrrole nitrogens is 1. The summed E-state index contributed by atoms with van der Waals surface area (Å²) in [7, 11) is 0. The number of nitrogens with two attached hydrogens (primary N) is 1. The normalized spacial score (nSPS) is 15.3. The summed E-state index contributed by atoms with van der Waals surface area (Å²) in [5.74, 6) is -4.61. The van der Waals surface area contributed by atoms with Crippen molar-refractivity contribution in [3.05, 3.63) is 18.2 Å². The molecule has 0 radical (unpaired) electrons. The molecule has 0 aromatic carbocycles. The average molecular weight is 471 g/mol. The number of carbonyl (C=O) groups excluding carboxylic acids is 4. The third kappa shape index (κ3) is 9.22. The highest BCUT2D eigenvalue weighted by atomic mass is 16.4. The number of rotatable bonds is 13. The molecular weight excluding hydrogens is 442 g/mol. The Kier molecular flexibility index (Phi) is 10.9. The van der Waals surface area contributed by atoms with E-state index in [9.17, 15) is 29.1 Å². The van der Waals surface area contributed by atoms with E-state index in [1.54, 1.807) is 0 Å². The second-order valence-corrected chi connectivity index (χ2v) is 7.20. The Hall–Kier alpha value is -3.56. The lowest BCUT2D eigenvalue weighted by Crippen LogP contribution is -2.57. The fourth-order valence-corrected chi connectivity index (χ4v) is 2.50. The zero-order valence-electron chi connectivity index (χ0n) is 18.1. The van der Waals surface area contributed by atoms with Gasteiger partial charge in [0.15, 0.2) is 6.04 Å². The van der Waals surface area contributed by atoms with Gasteiger partial charge in [0.2, 0.25) is 23.6 Å². The Bertz CT molecular complexity index is 830. The van der Waals surface area contributed by atoms with Crippen LogP contribution >= 0.6 is 0 Å². The van der Waals surface area contributed by atoms with Crippen LogP contribution < -0.4 is 27.0 Å². The average Bonchev–Trinajstić information content (AvgIpc) is 3.26. The van der Waals surface area contributed by atoms with E-state index in [1.807, 2.05) is 0 Å². The SMILES string of the molecule is C[C@H](NC(=O)[C@H](Cc1cnc[nH]1)NC(=O)CNC(=O)[C@@H](N)CO)C(=O)N[C@H](C(=O)O)[C@@H](C)O. The number of aliphatic hydroxyl groups is 2. The van der Waals surface area contributed by atoms with Crippen LogP contribution in [0.1, 0.15) is 19.5 Å². The molecule has 15 heteroatoms. The summed E-state index contributed by atoms with van der Waals surface area (Å²) in [6.07, 6.45) is 1.36. The fraction of sp³-hybridized carbons (Fsp3) is 0.556. The minimum Gasteiger partial charge on any atom is -0.480 e. The molecule has 5 atom stereocenters. The van der Waals surface area contributed by atoms with Crippen LogP contribution in [0, 0.1) is 0 Å². The van der Waals surface area contributed by atoms with Gasteiger partial charge in [0, 0.05) is 18.3 Å². The summed E-state index contributed by atoms with van der Waals surface area (Å²) in [5.41, 5.74) is 5.82. The molecule has 0 aliphatic carbocycles. The minimum atomic E-state index is -1.58. The van der Waals surface area contributed by atoms with Crippen molar-refractivity contribution in [2.24, 2.45) is 5.73 Å². The standard InChI is InChI=1S/C18H29N7O8/c1-8(15(29)25-14(9(2)27)18(32)33)23-17(31)12(3-10-4-20-7-22-10)24-13(28)5-21-16(30)11(19)6-26/h4,7-9,11-12,14,26-27H,3,5-6,19H2,1-2H3,(H,20,22)(H,21,30)(H,23,31)(H,24,28)(H,25,29)(H,32,33)/t8-,9+,11-,12-,14-/m0/s1. The molecule has 15 nitrogen and oxygen atoms in total. The molecule has 4 amide bonds. The van der Waals surface area contributed by atoms with Gasteiger partial charge >= 0.3 is 5.97 Å². The van der Waals surface area contributed by atoms with Gasteiger partial charge < -0.3 is 47.3 Å². The van der Waals surface area contributed by atoms with E-state index < -0.39 is 73.0 Å². The maximum absolute atomic E-state index is 12.7. The van der Waals surface area contributed by atoms with Gasteiger partial charge in [-0.25, -0.2) is 9.78 Å². The van der Waals surface area contributed by atoms with Crippen molar-refractivity contribution >= 4 is 29.6 Å². The molecule has 184 valence electrons. The van der Waals surface area contributed by atoms with Crippen molar-refractivity contribution in [3.8, 4) is 0 Å². The Morgan fingerprint density at radius 2 is 1.76 bits per heavy atom. The number of hydrogen-bond acceptors (Lipinski definition) is 9. The van der Waals surface area contributed by atoms with Crippen LogP contribution in [-0.2, 0) is 30.4 Å². The number of aromatic nitrogens is 2. The van der Waals surface area contributed by atoms with Crippen LogP contribution in [0.3, 0.4) is 0 Å². The molecular formula is C18H29N7O8. The molecule has 0 aliphatic heterocycles. The lowest BCUT2D eigenvalue weighted by Gasteiger charge is -2.23. The topological polar surface area (TPSA) is 249 Å².